The monoisotopic (exact) mass is 294 g/mol. The van der Waals surface area contributed by atoms with Crippen molar-refractivity contribution < 1.29 is 23.0 Å². The summed E-state index contributed by atoms with van der Waals surface area (Å²) >= 11 is 0. The zero-order chi connectivity index (χ0) is 13.7. The summed E-state index contributed by atoms with van der Waals surface area (Å²) in [4.78, 5) is 0. The molecular weight excluding hydrogens is 272 g/mol. The Morgan fingerprint density at radius 3 is 2.84 bits per heavy atom. The van der Waals surface area contributed by atoms with Crippen LogP contribution >= 0.6 is 0 Å². The lowest BCUT2D eigenvalue weighted by Gasteiger charge is -2.34. The Kier molecular flexibility index (Phi) is 5.55. The molecule has 2 N–H and O–H groups in total. The number of nitrogens with one attached hydrogen (secondary N) is 1. The summed E-state index contributed by atoms with van der Waals surface area (Å²) < 4.78 is 38.9. The fourth-order valence-electron chi connectivity index (χ4n) is 2.41. The topological polar surface area (TPSA) is 88.1 Å². The van der Waals surface area contributed by atoms with E-state index in [1.54, 1.807) is 0 Å². The normalized spacial score (nSPS) is 30.4. The zero-order valence-corrected chi connectivity index (χ0v) is 11.8. The van der Waals surface area contributed by atoms with Crippen LogP contribution in [-0.4, -0.2) is 69.5 Å². The lowest BCUT2D eigenvalue weighted by Crippen LogP contribution is -2.52. The van der Waals surface area contributed by atoms with Gasteiger partial charge in [0.25, 0.3) is 10.2 Å². The van der Waals surface area contributed by atoms with Crippen molar-refractivity contribution in [3.63, 3.8) is 0 Å². The van der Waals surface area contributed by atoms with Gasteiger partial charge in [0.2, 0.25) is 0 Å². The number of aliphatic hydroxyl groups is 1. The minimum atomic E-state index is -3.56. The van der Waals surface area contributed by atoms with Crippen molar-refractivity contribution in [3.8, 4) is 0 Å². The predicted molar refractivity (Wildman–Crippen MR) is 68.9 cm³/mol. The number of rotatable bonds is 5. The SMILES string of the molecule is O=S(=O)(NCC1COCCO1)N1CCCCC1CO. The molecule has 0 aliphatic carbocycles. The molecule has 2 heterocycles. The third-order valence-electron chi connectivity index (χ3n) is 3.47. The van der Waals surface area contributed by atoms with Crippen molar-refractivity contribution in [1.29, 1.82) is 0 Å². The first-order chi connectivity index (χ1) is 9.13. The molecule has 2 atom stereocenters. The number of piperidine rings is 1. The number of nitrogens with zero attached hydrogens (tertiary/aromatic N) is 1. The van der Waals surface area contributed by atoms with E-state index < -0.39 is 10.2 Å². The Hall–Kier alpha value is -0.250. The Morgan fingerprint density at radius 1 is 1.32 bits per heavy atom. The molecule has 0 aromatic heterocycles. The summed E-state index contributed by atoms with van der Waals surface area (Å²) in [5, 5.41) is 9.26. The first-order valence-electron chi connectivity index (χ1n) is 6.70. The molecule has 0 saturated carbocycles. The summed E-state index contributed by atoms with van der Waals surface area (Å²) in [7, 11) is -3.56. The van der Waals surface area contributed by atoms with Gasteiger partial charge in [-0.3, -0.25) is 0 Å². The second-order valence-electron chi connectivity index (χ2n) is 4.86. The molecule has 0 radical (unpaired) electrons. The van der Waals surface area contributed by atoms with Crippen LogP contribution in [0.5, 0.6) is 0 Å². The van der Waals surface area contributed by atoms with E-state index in [4.69, 9.17) is 9.47 Å². The second kappa shape index (κ2) is 6.96. The number of aliphatic hydroxyl groups excluding tert-OH is 1. The van der Waals surface area contributed by atoms with Crippen LogP contribution in [0.15, 0.2) is 0 Å². The highest BCUT2D eigenvalue weighted by molar-refractivity contribution is 7.87. The van der Waals surface area contributed by atoms with E-state index in [1.807, 2.05) is 0 Å². The second-order valence-corrected chi connectivity index (χ2v) is 6.57. The zero-order valence-electron chi connectivity index (χ0n) is 11.0. The summed E-state index contributed by atoms with van der Waals surface area (Å²) in [6.07, 6.45) is 2.26. The largest absolute Gasteiger partial charge is 0.395 e. The van der Waals surface area contributed by atoms with Gasteiger partial charge >= 0.3 is 0 Å². The lowest BCUT2D eigenvalue weighted by atomic mass is 10.1. The van der Waals surface area contributed by atoms with E-state index in [0.717, 1.165) is 12.8 Å². The molecule has 2 aliphatic heterocycles. The summed E-state index contributed by atoms with van der Waals surface area (Å²) in [5.41, 5.74) is 0. The summed E-state index contributed by atoms with van der Waals surface area (Å²) in [5.74, 6) is 0. The molecular formula is C11H22N2O5S. The van der Waals surface area contributed by atoms with Crippen LogP contribution in [0.3, 0.4) is 0 Å². The Morgan fingerprint density at radius 2 is 2.16 bits per heavy atom. The van der Waals surface area contributed by atoms with Crippen molar-refractivity contribution in [2.45, 2.75) is 31.4 Å². The molecule has 0 aromatic rings. The average Bonchev–Trinajstić information content (AvgIpc) is 2.46. The number of hydrogen-bond acceptors (Lipinski definition) is 5. The van der Waals surface area contributed by atoms with Gasteiger partial charge in [0, 0.05) is 19.1 Å². The van der Waals surface area contributed by atoms with Gasteiger partial charge in [-0.15, -0.1) is 0 Å². The van der Waals surface area contributed by atoms with Gasteiger partial charge in [-0.1, -0.05) is 6.42 Å². The number of ether oxygens (including phenoxy) is 2. The maximum atomic E-state index is 12.2. The van der Waals surface area contributed by atoms with Crippen LogP contribution in [0, 0.1) is 0 Å². The third-order valence-corrected chi connectivity index (χ3v) is 5.10. The molecule has 8 heteroatoms. The third kappa shape index (κ3) is 4.11. The minimum absolute atomic E-state index is 0.135. The van der Waals surface area contributed by atoms with E-state index in [9.17, 15) is 13.5 Å². The highest BCUT2D eigenvalue weighted by Gasteiger charge is 2.32. The average molecular weight is 294 g/mol. The highest BCUT2D eigenvalue weighted by atomic mass is 32.2. The van der Waals surface area contributed by atoms with Gasteiger partial charge in [0.05, 0.1) is 32.5 Å². The quantitative estimate of drug-likeness (QED) is 0.685. The smallest absolute Gasteiger partial charge is 0.279 e. The molecule has 2 saturated heterocycles. The molecule has 0 spiro atoms. The van der Waals surface area contributed by atoms with E-state index in [1.165, 1.54) is 4.31 Å². The van der Waals surface area contributed by atoms with Crippen molar-refractivity contribution in [1.82, 2.24) is 9.03 Å². The van der Waals surface area contributed by atoms with Crippen LogP contribution in [-0.2, 0) is 19.7 Å². The van der Waals surface area contributed by atoms with Gasteiger partial charge in [0.15, 0.2) is 0 Å². The molecule has 2 rings (SSSR count). The van der Waals surface area contributed by atoms with Crippen molar-refractivity contribution in [2.24, 2.45) is 0 Å². The first kappa shape index (κ1) is 15.1. The van der Waals surface area contributed by atoms with Gasteiger partial charge in [0.1, 0.15) is 0 Å². The van der Waals surface area contributed by atoms with E-state index in [2.05, 4.69) is 4.72 Å². The fourth-order valence-corrected chi connectivity index (χ4v) is 3.90. The molecule has 2 unspecified atom stereocenters. The Labute approximate surface area is 114 Å². The van der Waals surface area contributed by atoms with Crippen LogP contribution < -0.4 is 4.72 Å². The molecule has 0 amide bonds. The van der Waals surface area contributed by atoms with Crippen LogP contribution in [0.4, 0.5) is 0 Å². The van der Waals surface area contributed by atoms with E-state index in [0.29, 0.717) is 32.8 Å². The van der Waals surface area contributed by atoms with Gasteiger partial charge in [-0.25, -0.2) is 0 Å². The van der Waals surface area contributed by atoms with Gasteiger partial charge in [-0.05, 0) is 12.8 Å². The standard InChI is InChI=1S/C11H22N2O5S/c14-8-10-3-1-2-4-13(10)19(15,16)12-7-11-9-17-5-6-18-11/h10-12,14H,1-9H2. The maximum Gasteiger partial charge on any atom is 0.279 e. The van der Waals surface area contributed by atoms with Gasteiger partial charge < -0.3 is 14.6 Å². The van der Waals surface area contributed by atoms with E-state index in [-0.39, 0.29) is 25.3 Å². The summed E-state index contributed by atoms with van der Waals surface area (Å²) in [6.45, 7) is 1.99. The molecule has 2 aliphatic rings. The predicted octanol–water partition coefficient (Wildman–Crippen LogP) is -0.917. The van der Waals surface area contributed by atoms with Crippen molar-refractivity contribution in [3.05, 3.63) is 0 Å². The first-order valence-corrected chi connectivity index (χ1v) is 8.14. The summed E-state index contributed by atoms with van der Waals surface area (Å²) in [6, 6.07) is -0.310. The lowest BCUT2D eigenvalue weighted by molar-refractivity contribution is -0.0848. The molecule has 112 valence electrons. The van der Waals surface area contributed by atoms with Crippen molar-refractivity contribution in [2.75, 3.05) is 39.5 Å². The maximum absolute atomic E-state index is 12.2. The molecule has 19 heavy (non-hydrogen) atoms. The van der Waals surface area contributed by atoms with Crippen molar-refractivity contribution >= 4 is 10.2 Å². The van der Waals surface area contributed by atoms with Gasteiger partial charge in [-0.2, -0.15) is 17.4 Å². The van der Waals surface area contributed by atoms with Crippen LogP contribution in [0.2, 0.25) is 0 Å². The van der Waals surface area contributed by atoms with E-state index >= 15 is 0 Å². The highest BCUT2D eigenvalue weighted by Crippen LogP contribution is 2.19. The molecule has 7 nitrogen and oxygen atoms in total. The molecule has 2 fully saturated rings. The fraction of sp³-hybridized carbons (Fsp3) is 1.00. The molecule has 0 bridgehead atoms. The molecule has 0 aromatic carbocycles. The minimum Gasteiger partial charge on any atom is -0.395 e. The Balaban J connectivity index is 1.89. The van der Waals surface area contributed by atoms with Crippen LogP contribution in [0.25, 0.3) is 0 Å². The number of hydrogen-bond donors (Lipinski definition) is 2. The van der Waals surface area contributed by atoms with Crippen LogP contribution in [0.1, 0.15) is 19.3 Å². The Bertz CT molecular complexity index is 369.